The van der Waals surface area contributed by atoms with Crippen LogP contribution in [0.15, 0.2) is 28.5 Å². The van der Waals surface area contributed by atoms with Crippen LogP contribution in [0.25, 0.3) is 0 Å². The van der Waals surface area contributed by atoms with Gasteiger partial charge in [0.2, 0.25) is 10.0 Å². The van der Waals surface area contributed by atoms with Gasteiger partial charge < -0.3 is 9.84 Å². The number of carboxylic acids is 1. The van der Waals surface area contributed by atoms with Crippen LogP contribution >= 0.6 is 11.3 Å². The second kappa shape index (κ2) is 5.94. The van der Waals surface area contributed by atoms with Crippen LogP contribution in [0.3, 0.4) is 0 Å². The van der Waals surface area contributed by atoms with E-state index in [4.69, 9.17) is 9.84 Å². The molecule has 6 nitrogen and oxygen atoms in total. The third-order valence-electron chi connectivity index (χ3n) is 3.13. The molecule has 0 radical (unpaired) electrons. The number of methoxy groups -OCH3 is 1. The molecule has 0 aliphatic heterocycles. The summed E-state index contributed by atoms with van der Waals surface area (Å²) in [6, 6.07) is 0.799. The monoisotopic (exact) mass is 317 g/mol. The van der Waals surface area contributed by atoms with Gasteiger partial charge in [-0.1, -0.05) is 12.2 Å². The molecule has 2 N–H and O–H groups in total. The van der Waals surface area contributed by atoms with E-state index in [1.807, 2.05) is 0 Å². The molecule has 20 heavy (non-hydrogen) atoms. The largest absolute Gasteiger partial charge is 0.486 e. The fourth-order valence-corrected chi connectivity index (χ4v) is 4.62. The quantitative estimate of drug-likeness (QED) is 0.802. The molecule has 2 rings (SSSR count). The molecule has 2 atom stereocenters. The molecule has 1 aliphatic rings. The molecule has 0 bridgehead atoms. The predicted octanol–water partition coefficient (Wildman–Crippen LogP) is 1.45. The molecule has 0 aromatic carbocycles. The minimum atomic E-state index is -3.79. The molecule has 1 aliphatic carbocycles. The molecular weight excluding hydrogens is 302 g/mol. The number of hydrogen-bond donors (Lipinski definition) is 2. The Balaban J connectivity index is 2.23. The molecule has 0 unspecified atom stereocenters. The zero-order valence-electron chi connectivity index (χ0n) is 10.8. The van der Waals surface area contributed by atoms with E-state index in [-0.39, 0.29) is 9.96 Å². The van der Waals surface area contributed by atoms with Gasteiger partial charge in [0.15, 0.2) is 5.06 Å². The summed E-state index contributed by atoms with van der Waals surface area (Å²) in [6.45, 7) is 0. The standard InChI is InChI=1S/C12H15NO5S2/c1-18-12-10(6-7-19-12)20(16,17)13-9-5-3-2-4-8(9)11(14)15/h2-3,6-9,13H,4-5H2,1H3,(H,14,15)/t8-,9+/m0/s1. The molecule has 0 fully saturated rings. The Morgan fingerprint density at radius 1 is 1.45 bits per heavy atom. The molecule has 0 saturated carbocycles. The summed E-state index contributed by atoms with van der Waals surface area (Å²) >= 11 is 1.17. The van der Waals surface area contributed by atoms with Crippen LogP contribution in [0.5, 0.6) is 5.06 Å². The topological polar surface area (TPSA) is 92.7 Å². The highest BCUT2D eigenvalue weighted by Gasteiger charge is 2.33. The van der Waals surface area contributed by atoms with Gasteiger partial charge in [-0.05, 0) is 24.3 Å². The van der Waals surface area contributed by atoms with Gasteiger partial charge in [-0.15, -0.1) is 11.3 Å². The molecule has 110 valence electrons. The fourth-order valence-electron chi connectivity index (χ4n) is 2.11. The highest BCUT2D eigenvalue weighted by Crippen LogP contribution is 2.31. The van der Waals surface area contributed by atoms with Gasteiger partial charge in [0.25, 0.3) is 0 Å². The SMILES string of the molecule is COc1sccc1S(=O)(=O)N[C@@H]1CC=CC[C@@H]1C(=O)O. The summed E-state index contributed by atoms with van der Waals surface area (Å²) < 4.78 is 32.1. The van der Waals surface area contributed by atoms with Crippen molar-refractivity contribution in [3.05, 3.63) is 23.6 Å². The van der Waals surface area contributed by atoms with Crippen LogP contribution < -0.4 is 9.46 Å². The van der Waals surface area contributed by atoms with Crippen molar-refractivity contribution in [2.45, 2.75) is 23.8 Å². The lowest BCUT2D eigenvalue weighted by Crippen LogP contribution is -2.43. The lowest BCUT2D eigenvalue weighted by Gasteiger charge is -2.25. The number of rotatable bonds is 5. The Kier molecular flexibility index (Phi) is 4.46. The van der Waals surface area contributed by atoms with Crippen molar-refractivity contribution in [3.63, 3.8) is 0 Å². The summed E-state index contributed by atoms with van der Waals surface area (Å²) in [7, 11) is -2.39. The minimum absolute atomic E-state index is 0.0451. The van der Waals surface area contributed by atoms with E-state index in [1.54, 1.807) is 17.5 Å². The molecular formula is C12H15NO5S2. The Morgan fingerprint density at radius 3 is 2.80 bits per heavy atom. The average molecular weight is 317 g/mol. The number of carbonyl (C=O) groups is 1. The number of ether oxygens (including phenoxy) is 1. The number of aliphatic carboxylic acids is 1. The fraction of sp³-hybridized carbons (Fsp3) is 0.417. The van der Waals surface area contributed by atoms with Crippen molar-refractivity contribution in [1.82, 2.24) is 4.72 Å². The zero-order chi connectivity index (χ0) is 14.8. The Labute approximate surface area is 121 Å². The maximum Gasteiger partial charge on any atom is 0.308 e. The molecule has 8 heteroatoms. The van der Waals surface area contributed by atoms with Crippen LogP contribution in [0, 0.1) is 5.92 Å². The van der Waals surface area contributed by atoms with Crippen molar-refractivity contribution < 1.29 is 23.1 Å². The first-order chi connectivity index (χ1) is 9.45. The highest BCUT2D eigenvalue weighted by molar-refractivity contribution is 7.89. The van der Waals surface area contributed by atoms with E-state index in [0.717, 1.165) is 0 Å². The normalized spacial score (nSPS) is 22.6. The summed E-state index contributed by atoms with van der Waals surface area (Å²) in [5.74, 6) is -1.75. The maximum atomic E-state index is 12.3. The van der Waals surface area contributed by atoms with Gasteiger partial charge in [-0.2, -0.15) is 0 Å². The van der Waals surface area contributed by atoms with E-state index in [0.29, 0.717) is 12.8 Å². The predicted molar refractivity (Wildman–Crippen MR) is 74.5 cm³/mol. The molecule has 1 aromatic heterocycles. The third-order valence-corrected chi connectivity index (χ3v) is 5.64. The van der Waals surface area contributed by atoms with E-state index in [9.17, 15) is 13.2 Å². The second-order valence-corrected chi connectivity index (χ2v) is 6.95. The Morgan fingerprint density at radius 2 is 2.15 bits per heavy atom. The van der Waals surface area contributed by atoms with Gasteiger partial charge in [-0.25, -0.2) is 13.1 Å². The third kappa shape index (κ3) is 3.02. The number of thiophene rings is 1. The molecule has 1 heterocycles. The van der Waals surface area contributed by atoms with Crippen molar-refractivity contribution in [2.75, 3.05) is 7.11 Å². The Bertz CT molecular complexity index is 620. The van der Waals surface area contributed by atoms with Crippen LogP contribution in [-0.4, -0.2) is 32.6 Å². The Hall–Kier alpha value is -1.38. The average Bonchev–Trinajstić information content (AvgIpc) is 2.87. The van der Waals surface area contributed by atoms with Crippen molar-refractivity contribution in [3.8, 4) is 5.06 Å². The van der Waals surface area contributed by atoms with Gasteiger partial charge in [0.1, 0.15) is 4.90 Å². The van der Waals surface area contributed by atoms with Gasteiger partial charge in [-0.3, -0.25) is 4.79 Å². The van der Waals surface area contributed by atoms with Crippen LogP contribution in [0.4, 0.5) is 0 Å². The van der Waals surface area contributed by atoms with E-state index in [2.05, 4.69) is 4.72 Å². The lowest BCUT2D eigenvalue weighted by molar-refractivity contribution is -0.142. The van der Waals surface area contributed by atoms with Crippen LogP contribution in [0.1, 0.15) is 12.8 Å². The van der Waals surface area contributed by atoms with Crippen LogP contribution in [-0.2, 0) is 14.8 Å². The van der Waals surface area contributed by atoms with E-state index < -0.39 is 28.0 Å². The first-order valence-corrected chi connectivity index (χ1v) is 8.33. The smallest absolute Gasteiger partial charge is 0.308 e. The van der Waals surface area contributed by atoms with Crippen molar-refractivity contribution >= 4 is 27.3 Å². The van der Waals surface area contributed by atoms with Crippen molar-refractivity contribution in [1.29, 1.82) is 0 Å². The van der Waals surface area contributed by atoms with Crippen LogP contribution in [0.2, 0.25) is 0 Å². The number of carboxylic acid groups (broad SMARTS) is 1. The summed E-state index contributed by atoms with van der Waals surface area (Å²) in [4.78, 5) is 11.2. The number of hydrogen-bond acceptors (Lipinski definition) is 5. The first kappa shape index (κ1) is 15.0. The van der Waals surface area contributed by atoms with Gasteiger partial charge >= 0.3 is 5.97 Å². The number of allylic oxidation sites excluding steroid dienone is 1. The second-order valence-electron chi connectivity index (χ2n) is 4.39. The highest BCUT2D eigenvalue weighted by atomic mass is 32.2. The zero-order valence-corrected chi connectivity index (χ0v) is 12.4. The number of sulfonamides is 1. The van der Waals surface area contributed by atoms with Crippen molar-refractivity contribution in [2.24, 2.45) is 5.92 Å². The summed E-state index contributed by atoms with van der Waals surface area (Å²) in [5, 5.41) is 11.0. The van der Waals surface area contributed by atoms with Gasteiger partial charge in [0, 0.05) is 6.04 Å². The number of nitrogens with one attached hydrogen (secondary N) is 1. The van der Waals surface area contributed by atoms with Gasteiger partial charge in [0.05, 0.1) is 13.0 Å². The van der Waals surface area contributed by atoms with E-state index >= 15 is 0 Å². The summed E-state index contributed by atoms with van der Waals surface area (Å²) in [6.07, 6.45) is 4.23. The lowest BCUT2D eigenvalue weighted by atomic mass is 9.90. The molecule has 0 saturated heterocycles. The first-order valence-electron chi connectivity index (χ1n) is 5.97. The summed E-state index contributed by atoms with van der Waals surface area (Å²) in [5.41, 5.74) is 0. The molecule has 0 spiro atoms. The molecule has 1 aromatic rings. The maximum absolute atomic E-state index is 12.3. The molecule has 0 amide bonds. The van der Waals surface area contributed by atoms with E-state index in [1.165, 1.54) is 24.5 Å². The minimum Gasteiger partial charge on any atom is -0.486 e.